The van der Waals surface area contributed by atoms with Gasteiger partial charge in [0, 0.05) is 21.5 Å². The molecular formula is C19H17Cl2N3OS2. The van der Waals surface area contributed by atoms with Gasteiger partial charge < -0.3 is 11.1 Å². The van der Waals surface area contributed by atoms with Crippen molar-refractivity contribution in [1.29, 1.82) is 0 Å². The fraction of sp³-hybridized carbons (Fsp3) is 0.158. The number of thiazole rings is 1. The summed E-state index contributed by atoms with van der Waals surface area (Å²) >= 11 is 14.9. The molecule has 0 saturated carbocycles. The number of hydrogen-bond acceptors (Lipinski definition) is 5. The molecule has 2 aromatic carbocycles. The maximum absolute atomic E-state index is 12.6. The molecule has 1 unspecified atom stereocenters. The lowest BCUT2D eigenvalue weighted by Crippen LogP contribution is -2.24. The van der Waals surface area contributed by atoms with Crippen molar-refractivity contribution in [3.63, 3.8) is 0 Å². The van der Waals surface area contributed by atoms with E-state index in [0.717, 1.165) is 16.2 Å². The minimum absolute atomic E-state index is 0.0834. The predicted molar refractivity (Wildman–Crippen MR) is 117 cm³/mol. The summed E-state index contributed by atoms with van der Waals surface area (Å²) in [6, 6.07) is 12.9. The van der Waals surface area contributed by atoms with Crippen LogP contribution >= 0.6 is 46.3 Å². The standard InChI is InChI=1S/C19H17Cl2N3OS2/c1-2-17(27-13-5-3-4-12(22)9-13)18(25)24-19-23-16(10-26-19)11-6-7-14(20)15(21)8-11/h3-10,17H,2,22H2,1H3,(H,23,24,25). The molecule has 27 heavy (non-hydrogen) atoms. The highest BCUT2D eigenvalue weighted by molar-refractivity contribution is 8.00. The van der Waals surface area contributed by atoms with Gasteiger partial charge in [0.1, 0.15) is 0 Å². The molecule has 0 fully saturated rings. The average molecular weight is 438 g/mol. The molecule has 0 aliphatic heterocycles. The lowest BCUT2D eigenvalue weighted by Gasteiger charge is -2.13. The van der Waals surface area contributed by atoms with Crippen molar-refractivity contribution < 1.29 is 4.79 Å². The molecule has 1 amide bonds. The molecule has 4 nitrogen and oxygen atoms in total. The zero-order valence-corrected chi connectivity index (χ0v) is 17.6. The molecule has 3 N–H and O–H groups in total. The summed E-state index contributed by atoms with van der Waals surface area (Å²) in [7, 11) is 0. The van der Waals surface area contributed by atoms with Crippen LogP contribution in [0.2, 0.25) is 10.0 Å². The second-order valence-electron chi connectivity index (χ2n) is 5.74. The smallest absolute Gasteiger partial charge is 0.239 e. The van der Waals surface area contributed by atoms with Crippen LogP contribution in [0, 0.1) is 0 Å². The van der Waals surface area contributed by atoms with Crippen molar-refractivity contribution in [2.75, 3.05) is 11.1 Å². The van der Waals surface area contributed by atoms with E-state index in [9.17, 15) is 4.79 Å². The normalized spacial score (nSPS) is 12.0. The first-order chi connectivity index (χ1) is 13.0. The van der Waals surface area contributed by atoms with Crippen LogP contribution in [0.5, 0.6) is 0 Å². The van der Waals surface area contributed by atoms with Gasteiger partial charge in [-0.05, 0) is 36.8 Å². The molecule has 1 aromatic heterocycles. The fourth-order valence-electron chi connectivity index (χ4n) is 2.38. The predicted octanol–water partition coefficient (Wildman–Crippen LogP) is 6.21. The Hall–Kier alpha value is -1.73. The maximum atomic E-state index is 12.6. The highest BCUT2D eigenvalue weighted by atomic mass is 35.5. The van der Waals surface area contributed by atoms with Gasteiger partial charge in [0.05, 0.1) is 21.0 Å². The molecule has 0 aliphatic carbocycles. The number of halogens is 2. The summed E-state index contributed by atoms with van der Waals surface area (Å²) in [4.78, 5) is 18.1. The van der Waals surface area contributed by atoms with E-state index in [1.54, 1.807) is 12.1 Å². The van der Waals surface area contributed by atoms with Crippen LogP contribution in [0.3, 0.4) is 0 Å². The third-order valence-corrected chi connectivity index (χ3v) is 6.60. The van der Waals surface area contributed by atoms with Gasteiger partial charge in [-0.1, -0.05) is 42.3 Å². The van der Waals surface area contributed by atoms with E-state index >= 15 is 0 Å². The molecule has 3 aromatic rings. The molecule has 0 bridgehead atoms. The van der Waals surface area contributed by atoms with Gasteiger partial charge in [0.2, 0.25) is 5.91 Å². The molecule has 140 valence electrons. The van der Waals surface area contributed by atoms with E-state index in [-0.39, 0.29) is 11.2 Å². The van der Waals surface area contributed by atoms with Crippen LogP contribution < -0.4 is 11.1 Å². The van der Waals surface area contributed by atoms with Crippen molar-refractivity contribution in [2.45, 2.75) is 23.5 Å². The zero-order valence-electron chi connectivity index (χ0n) is 14.4. The summed E-state index contributed by atoms with van der Waals surface area (Å²) in [5.41, 5.74) is 8.09. The monoisotopic (exact) mass is 437 g/mol. The van der Waals surface area contributed by atoms with Gasteiger partial charge in [-0.2, -0.15) is 0 Å². The summed E-state index contributed by atoms with van der Waals surface area (Å²) in [5.74, 6) is -0.0834. The van der Waals surface area contributed by atoms with Gasteiger partial charge in [-0.25, -0.2) is 4.98 Å². The van der Waals surface area contributed by atoms with Crippen molar-refractivity contribution in [1.82, 2.24) is 4.98 Å². The Morgan fingerprint density at radius 1 is 1.26 bits per heavy atom. The molecule has 0 radical (unpaired) electrons. The zero-order chi connectivity index (χ0) is 19.4. The Balaban J connectivity index is 1.69. The van der Waals surface area contributed by atoms with Gasteiger partial charge in [0.15, 0.2) is 5.13 Å². The first-order valence-electron chi connectivity index (χ1n) is 8.20. The van der Waals surface area contributed by atoms with Crippen LogP contribution in [-0.4, -0.2) is 16.1 Å². The lowest BCUT2D eigenvalue weighted by atomic mass is 10.2. The second-order valence-corrected chi connectivity index (χ2v) is 8.69. The van der Waals surface area contributed by atoms with Crippen molar-refractivity contribution >= 4 is 63.0 Å². The third-order valence-electron chi connectivity index (χ3n) is 3.75. The minimum atomic E-state index is -0.232. The molecule has 1 heterocycles. The quantitative estimate of drug-likeness (QED) is 0.355. The van der Waals surface area contributed by atoms with Gasteiger partial charge in [-0.15, -0.1) is 23.1 Å². The number of nitrogens with zero attached hydrogens (tertiary/aromatic N) is 1. The van der Waals surface area contributed by atoms with E-state index in [1.807, 2.05) is 42.6 Å². The number of nitrogen functional groups attached to an aromatic ring is 1. The van der Waals surface area contributed by atoms with Gasteiger partial charge >= 0.3 is 0 Å². The van der Waals surface area contributed by atoms with Crippen molar-refractivity contribution in [2.24, 2.45) is 0 Å². The van der Waals surface area contributed by atoms with E-state index < -0.39 is 0 Å². The average Bonchev–Trinajstić information content (AvgIpc) is 3.10. The Labute approximate surface area is 176 Å². The van der Waals surface area contributed by atoms with Gasteiger partial charge in [-0.3, -0.25) is 4.79 Å². The van der Waals surface area contributed by atoms with Crippen LogP contribution in [0.25, 0.3) is 11.3 Å². The van der Waals surface area contributed by atoms with Gasteiger partial charge in [0.25, 0.3) is 0 Å². The topological polar surface area (TPSA) is 68.0 Å². The lowest BCUT2D eigenvalue weighted by molar-refractivity contribution is -0.115. The van der Waals surface area contributed by atoms with Crippen LogP contribution in [0.15, 0.2) is 52.7 Å². The molecule has 3 rings (SSSR count). The number of nitrogens with one attached hydrogen (secondary N) is 1. The number of carbonyl (C=O) groups is 1. The Kier molecular flexibility index (Phi) is 6.65. The number of rotatable bonds is 6. The summed E-state index contributed by atoms with van der Waals surface area (Å²) in [6.07, 6.45) is 0.691. The molecule has 1 atom stereocenters. The first-order valence-corrected chi connectivity index (χ1v) is 10.7. The number of hydrogen-bond donors (Lipinski definition) is 2. The number of aromatic nitrogens is 1. The van der Waals surface area contributed by atoms with E-state index in [1.165, 1.54) is 23.1 Å². The Bertz CT molecular complexity index is 962. The first kappa shape index (κ1) is 20.0. The highest BCUT2D eigenvalue weighted by Gasteiger charge is 2.19. The summed E-state index contributed by atoms with van der Waals surface area (Å²) < 4.78 is 0. The molecular weight excluding hydrogens is 421 g/mol. The second kappa shape index (κ2) is 8.97. The highest BCUT2D eigenvalue weighted by Crippen LogP contribution is 2.32. The largest absolute Gasteiger partial charge is 0.399 e. The Morgan fingerprint density at radius 3 is 2.78 bits per heavy atom. The van der Waals surface area contributed by atoms with E-state index in [0.29, 0.717) is 27.3 Å². The molecule has 0 aliphatic rings. The minimum Gasteiger partial charge on any atom is -0.399 e. The van der Waals surface area contributed by atoms with Crippen LogP contribution in [0.1, 0.15) is 13.3 Å². The number of carbonyl (C=O) groups excluding carboxylic acids is 1. The van der Waals surface area contributed by atoms with Crippen molar-refractivity contribution in [3.05, 3.63) is 57.9 Å². The molecule has 8 heteroatoms. The van der Waals surface area contributed by atoms with E-state index in [4.69, 9.17) is 28.9 Å². The molecule has 0 saturated heterocycles. The fourth-order valence-corrected chi connectivity index (χ4v) is 4.42. The van der Waals surface area contributed by atoms with Crippen molar-refractivity contribution in [3.8, 4) is 11.3 Å². The number of benzene rings is 2. The molecule has 0 spiro atoms. The number of anilines is 2. The maximum Gasteiger partial charge on any atom is 0.239 e. The third kappa shape index (κ3) is 5.17. The summed E-state index contributed by atoms with van der Waals surface area (Å²) in [5, 5.41) is 6.06. The summed E-state index contributed by atoms with van der Waals surface area (Å²) in [6.45, 7) is 1.98. The number of thioether (sulfide) groups is 1. The Morgan fingerprint density at radius 2 is 2.07 bits per heavy atom. The van der Waals surface area contributed by atoms with E-state index in [2.05, 4.69) is 10.3 Å². The number of nitrogens with two attached hydrogens (primary N) is 1. The van der Waals surface area contributed by atoms with Crippen LogP contribution in [-0.2, 0) is 4.79 Å². The SMILES string of the molecule is CCC(Sc1cccc(N)c1)C(=O)Nc1nc(-c2ccc(Cl)c(Cl)c2)cs1. The number of amides is 1. The van der Waals surface area contributed by atoms with Crippen LogP contribution in [0.4, 0.5) is 10.8 Å².